The van der Waals surface area contributed by atoms with Crippen LogP contribution in [0.5, 0.6) is 5.75 Å². The van der Waals surface area contributed by atoms with Crippen LogP contribution >= 0.6 is 11.8 Å². The molecule has 18 heavy (non-hydrogen) atoms. The molecule has 0 saturated carbocycles. The van der Waals surface area contributed by atoms with Crippen LogP contribution in [0.4, 0.5) is 0 Å². The normalized spacial score (nSPS) is 20.2. The van der Waals surface area contributed by atoms with Gasteiger partial charge < -0.3 is 10.5 Å². The van der Waals surface area contributed by atoms with Crippen molar-refractivity contribution in [2.24, 2.45) is 10.7 Å². The van der Waals surface area contributed by atoms with Crippen molar-refractivity contribution < 1.29 is 9.53 Å². The maximum atomic E-state index is 11.5. The van der Waals surface area contributed by atoms with Crippen molar-refractivity contribution in [2.45, 2.75) is 0 Å². The number of ether oxygens (including phenoxy) is 1. The molecule has 4 nitrogen and oxygen atoms in total. The average Bonchev–Trinajstić information content (AvgIpc) is 2.68. The second-order valence-corrected chi connectivity index (χ2v) is 4.97. The summed E-state index contributed by atoms with van der Waals surface area (Å²) in [5, 5.41) is 0.295. The number of thioether (sulfide) groups is 1. The molecule has 0 unspecified atom stereocenters. The quantitative estimate of drug-likeness (QED) is 0.782. The van der Waals surface area contributed by atoms with Crippen LogP contribution in [0, 0.1) is 0 Å². The second-order valence-electron chi connectivity index (χ2n) is 3.91. The number of benzene rings is 1. The summed E-state index contributed by atoms with van der Waals surface area (Å²) in [5.41, 5.74) is 7.45. The molecule has 0 saturated heterocycles. The molecular formula is C13H10N2O2S. The number of rotatable bonds is 1. The third-order valence-corrected chi connectivity index (χ3v) is 3.42. The molecule has 2 heterocycles. The van der Waals surface area contributed by atoms with Crippen LogP contribution < -0.4 is 10.5 Å². The minimum atomic E-state index is -0.280. The standard InChI is InChI=1S/C13H10N2O2S/c14-13-15-12(16)11(18-13)6-8-5-9-3-1-2-4-10(9)17-7-8/h1-6H,7H2,(H2,14,15,16)/b11-6-. The van der Waals surface area contributed by atoms with Gasteiger partial charge in [-0.2, -0.15) is 4.99 Å². The van der Waals surface area contributed by atoms with E-state index < -0.39 is 0 Å². The van der Waals surface area contributed by atoms with Crippen LogP contribution in [0.1, 0.15) is 5.56 Å². The highest BCUT2D eigenvalue weighted by atomic mass is 32.2. The van der Waals surface area contributed by atoms with E-state index >= 15 is 0 Å². The lowest BCUT2D eigenvalue weighted by molar-refractivity contribution is -0.113. The SMILES string of the molecule is NC1=NC(=O)/C(=C/C2=Cc3ccccc3OC2)S1. The van der Waals surface area contributed by atoms with Gasteiger partial charge in [0.2, 0.25) is 0 Å². The molecule has 5 heteroatoms. The number of amidine groups is 1. The van der Waals surface area contributed by atoms with Gasteiger partial charge in [-0.3, -0.25) is 4.79 Å². The number of amides is 1. The van der Waals surface area contributed by atoms with E-state index in [2.05, 4.69) is 4.99 Å². The van der Waals surface area contributed by atoms with Crippen molar-refractivity contribution >= 4 is 28.9 Å². The summed E-state index contributed by atoms with van der Waals surface area (Å²) in [5.74, 6) is 0.582. The van der Waals surface area contributed by atoms with E-state index in [0.29, 0.717) is 16.7 Å². The van der Waals surface area contributed by atoms with Crippen LogP contribution in [-0.2, 0) is 4.79 Å². The number of fused-ring (bicyclic) bond motifs is 1. The molecule has 1 aromatic rings. The number of nitrogens with two attached hydrogens (primary N) is 1. The lowest BCUT2D eigenvalue weighted by Gasteiger charge is -2.15. The van der Waals surface area contributed by atoms with E-state index in [9.17, 15) is 4.79 Å². The highest BCUT2D eigenvalue weighted by Crippen LogP contribution is 2.30. The number of nitrogens with zero attached hydrogens (tertiary/aromatic N) is 1. The summed E-state index contributed by atoms with van der Waals surface area (Å²) in [7, 11) is 0. The Bertz CT molecular complexity index is 617. The molecule has 3 rings (SSSR count). The van der Waals surface area contributed by atoms with Gasteiger partial charge in [-0.25, -0.2) is 0 Å². The first-order chi connectivity index (χ1) is 8.72. The Morgan fingerprint density at radius 1 is 1.39 bits per heavy atom. The summed E-state index contributed by atoms with van der Waals surface area (Å²) < 4.78 is 5.61. The van der Waals surface area contributed by atoms with Crippen LogP contribution in [-0.4, -0.2) is 17.7 Å². The Hall–Kier alpha value is -2.01. The first-order valence-electron chi connectivity index (χ1n) is 5.43. The summed E-state index contributed by atoms with van der Waals surface area (Å²) in [6.07, 6.45) is 3.79. The zero-order valence-electron chi connectivity index (χ0n) is 9.42. The maximum absolute atomic E-state index is 11.5. The summed E-state index contributed by atoms with van der Waals surface area (Å²) in [6, 6.07) is 7.78. The molecule has 0 spiro atoms. The van der Waals surface area contributed by atoms with E-state index in [1.165, 1.54) is 11.8 Å². The molecule has 0 fully saturated rings. The van der Waals surface area contributed by atoms with Crippen LogP contribution in [0.2, 0.25) is 0 Å². The number of aliphatic imine (C=N–C) groups is 1. The van der Waals surface area contributed by atoms with Gasteiger partial charge in [0.05, 0.1) is 4.91 Å². The van der Waals surface area contributed by atoms with Gasteiger partial charge in [-0.05, 0) is 35.6 Å². The van der Waals surface area contributed by atoms with Crippen LogP contribution in [0.25, 0.3) is 6.08 Å². The minimum absolute atomic E-state index is 0.280. The predicted molar refractivity (Wildman–Crippen MR) is 72.2 cm³/mol. The number of carbonyl (C=O) groups is 1. The van der Waals surface area contributed by atoms with Crippen molar-refractivity contribution in [3.05, 3.63) is 46.4 Å². The first kappa shape index (κ1) is 11.1. The van der Waals surface area contributed by atoms with Gasteiger partial charge in [0.15, 0.2) is 5.17 Å². The molecule has 1 amide bonds. The van der Waals surface area contributed by atoms with Crippen LogP contribution in [0.15, 0.2) is 45.8 Å². The topological polar surface area (TPSA) is 64.7 Å². The van der Waals surface area contributed by atoms with Gasteiger partial charge in [0.1, 0.15) is 12.4 Å². The second kappa shape index (κ2) is 4.34. The van der Waals surface area contributed by atoms with Crippen molar-refractivity contribution in [1.29, 1.82) is 0 Å². The smallest absolute Gasteiger partial charge is 0.286 e. The van der Waals surface area contributed by atoms with Gasteiger partial charge >= 0.3 is 0 Å². The van der Waals surface area contributed by atoms with Crippen molar-refractivity contribution in [2.75, 3.05) is 6.61 Å². The fourth-order valence-corrected chi connectivity index (χ4v) is 2.51. The number of hydrogen-bond donors (Lipinski definition) is 1. The van der Waals surface area contributed by atoms with Crippen LogP contribution in [0.3, 0.4) is 0 Å². The molecule has 0 aromatic heterocycles. The van der Waals surface area contributed by atoms with Crippen molar-refractivity contribution in [3.63, 3.8) is 0 Å². The zero-order chi connectivity index (χ0) is 12.5. The monoisotopic (exact) mass is 258 g/mol. The Morgan fingerprint density at radius 3 is 3.00 bits per heavy atom. The van der Waals surface area contributed by atoms with E-state index in [1.54, 1.807) is 6.08 Å². The molecule has 0 radical (unpaired) electrons. The summed E-state index contributed by atoms with van der Waals surface area (Å²) in [4.78, 5) is 15.7. The molecule has 0 atom stereocenters. The molecular weight excluding hydrogens is 248 g/mol. The Labute approximate surface area is 108 Å². The summed E-state index contributed by atoms with van der Waals surface area (Å²) >= 11 is 1.19. The van der Waals surface area contributed by atoms with Gasteiger partial charge in [-0.15, -0.1) is 0 Å². The third kappa shape index (κ3) is 2.04. The molecule has 0 aliphatic carbocycles. The predicted octanol–water partition coefficient (Wildman–Crippen LogP) is 1.93. The highest BCUT2D eigenvalue weighted by molar-refractivity contribution is 8.18. The molecule has 2 aliphatic heterocycles. The zero-order valence-corrected chi connectivity index (χ0v) is 10.2. The van der Waals surface area contributed by atoms with E-state index in [0.717, 1.165) is 16.9 Å². The Kier molecular flexibility index (Phi) is 2.68. The minimum Gasteiger partial charge on any atom is -0.488 e. The van der Waals surface area contributed by atoms with E-state index in [-0.39, 0.29) is 5.91 Å². The van der Waals surface area contributed by atoms with Crippen molar-refractivity contribution in [1.82, 2.24) is 0 Å². The number of carbonyl (C=O) groups excluding carboxylic acids is 1. The van der Waals surface area contributed by atoms with E-state index in [1.807, 2.05) is 30.3 Å². The third-order valence-electron chi connectivity index (χ3n) is 2.61. The lowest BCUT2D eigenvalue weighted by Crippen LogP contribution is -2.06. The van der Waals surface area contributed by atoms with E-state index in [4.69, 9.17) is 10.5 Å². The van der Waals surface area contributed by atoms with Gasteiger partial charge in [-0.1, -0.05) is 18.2 Å². The maximum Gasteiger partial charge on any atom is 0.286 e. The molecule has 2 aliphatic rings. The Balaban J connectivity index is 1.90. The highest BCUT2D eigenvalue weighted by Gasteiger charge is 2.20. The molecule has 2 N–H and O–H groups in total. The lowest BCUT2D eigenvalue weighted by atomic mass is 10.1. The Morgan fingerprint density at radius 2 is 2.22 bits per heavy atom. The van der Waals surface area contributed by atoms with Crippen molar-refractivity contribution in [3.8, 4) is 5.75 Å². The van der Waals surface area contributed by atoms with Gasteiger partial charge in [0, 0.05) is 5.56 Å². The number of para-hydroxylation sites is 1. The summed E-state index contributed by atoms with van der Waals surface area (Å²) in [6.45, 7) is 0.453. The number of hydrogen-bond acceptors (Lipinski definition) is 4. The molecule has 90 valence electrons. The van der Waals surface area contributed by atoms with Gasteiger partial charge in [0.25, 0.3) is 5.91 Å². The molecule has 1 aromatic carbocycles. The average molecular weight is 258 g/mol. The fraction of sp³-hybridized carbons (Fsp3) is 0.0769. The fourth-order valence-electron chi connectivity index (χ4n) is 1.81. The first-order valence-corrected chi connectivity index (χ1v) is 6.24. The largest absolute Gasteiger partial charge is 0.488 e. The molecule has 0 bridgehead atoms.